The van der Waals surface area contributed by atoms with E-state index in [1.807, 2.05) is 0 Å². The highest BCUT2D eigenvalue weighted by Crippen LogP contribution is 2.37. The van der Waals surface area contributed by atoms with E-state index >= 15 is 0 Å². The van der Waals surface area contributed by atoms with E-state index in [4.69, 9.17) is 4.74 Å². The Morgan fingerprint density at radius 1 is 0.667 bits per heavy atom. The van der Waals surface area contributed by atoms with E-state index in [2.05, 4.69) is 86.4 Å². The Morgan fingerprint density at radius 3 is 2.11 bits per heavy atom. The fraction of sp³-hybridized carbons (Fsp3) is 0.486. The average Bonchev–Trinajstić information content (AvgIpc) is 2.92. The third-order valence-electron chi connectivity index (χ3n) is 7.87. The van der Waals surface area contributed by atoms with Crippen molar-refractivity contribution in [1.29, 1.82) is 0 Å². The van der Waals surface area contributed by atoms with E-state index in [1.54, 1.807) is 0 Å². The molecule has 190 valence electrons. The second-order valence-corrected chi connectivity index (χ2v) is 10.7. The maximum absolute atomic E-state index is 5.95. The van der Waals surface area contributed by atoms with Gasteiger partial charge in [0.1, 0.15) is 5.75 Å². The van der Waals surface area contributed by atoms with Crippen LogP contribution in [0.4, 0.5) is 0 Å². The van der Waals surface area contributed by atoms with Crippen LogP contribution in [-0.2, 0) is 0 Å². The Morgan fingerprint density at radius 2 is 1.33 bits per heavy atom. The normalized spacial score (nSPS) is 17.5. The number of hydrogen-bond acceptors (Lipinski definition) is 1. The molecule has 36 heavy (non-hydrogen) atoms. The molecule has 1 fully saturated rings. The zero-order valence-corrected chi connectivity index (χ0v) is 22.5. The molecule has 0 amide bonds. The summed E-state index contributed by atoms with van der Waals surface area (Å²) in [5, 5.41) is 2.41. The second-order valence-electron chi connectivity index (χ2n) is 10.7. The first-order valence-electron chi connectivity index (χ1n) is 14.5. The van der Waals surface area contributed by atoms with Crippen molar-refractivity contribution in [1.82, 2.24) is 0 Å². The van der Waals surface area contributed by atoms with Crippen LogP contribution in [0, 0.1) is 17.8 Å². The largest absolute Gasteiger partial charge is 0.494 e. The van der Waals surface area contributed by atoms with Crippen molar-refractivity contribution in [3.63, 3.8) is 0 Å². The summed E-state index contributed by atoms with van der Waals surface area (Å²) in [4.78, 5) is 0. The van der Waals surface area contributed by atoms with Crippen LogP contribution < -0.4 is 4.74 Å². The van der Waals surface area contributed by atoms with Crippen molar-refractivity contribution >= 4 is 10.8 Å². The average molecular weight is 481 g/mol. The maximum Gasteiger partial charge on any atom is 0.119 e. The molecule has 0 unspecified atom stereocenters. The smallest absolute Gasteiger partial charge is 0.119 e. The molecule has 0 bridgehead atoms. The Balaban J connectivity index is 1.30. The summed E-state index contributed by atoms with van der Waals surface area (Å²) < 4.78 is 5.95. The molecular formula is C35H44O. The fourth-order valence-corrected chi connectivity index (χ4v) is 5.56. The van der Waals surface area contributed by atoms with Gasteiger partial charge in [-0.2, -0.15) is 0 Å². The van der Waals surface area contributed by atoms with Crippen molar-refractivity contribution in [2.45, 2.75) is 96.8 Å². The molecule has 0 atom stereocenters. The first-order chi connectivity index (χ1) is 17.7. The standard InChI is InChI=1S/C35H44O/c1-3-5-7-9-25-36-35-24-23-33-26-30(17-22-34(33)27-35)12-11-29-15-20-32(21-16-29)31-18-13-28(14-19-31)10-8-6-4-2/h15-17,20-24,26-28,31H,3-10,13-14,18-19,25H2,1-2H3. The van der Waals surface area contributed by atoms with Gasteiger partial charge in [-0.25, -0.2) is 0 Å². The summed E-state index contributed by atoms with van der Waals surface area (Å²) in [5.74, 6) is 9.41. The highest BCUT2D eigenvalue weighted by molar-refractivity contribution is 5.85. The van der Waals surface area contributed by atoms with Gasteiger partial charge in [0.2, 0.25) is 0 Å². The molecule has 1 nitrogen and oxygen atoms in total. The maximum atomic E-state index is 5.95. The Labute approximate surface area is 219 Å². The van der Waals surface area contributed by atoms with Gasteiger partial charge >= 0.3 is 0 Å². The molecule has 3 aromatic carbocycles. The van der Waals surface area contributed by atoms with Crippen molar-refractivity contribution < 1.29 is 4.74 Å². The SMILES string of the molecule is CCCCCCOc1ccc2cc(C#Cc3ccc(C4CCC(CCCCC)CC4)cc3)ccc2c1. The van der Waals surface area contributed by atoms with Crippen molar-refractivity contribution in [3.05, 3.63) is 77.4 Å². The molecule has 0 aliphatic heterocycles. The van der Waals surface area contributed by atoms with Crippen LogP contribution in [-0.4, -0.2) is 6.61 Å². The van der Waals surface area contributed by atoms with Crippen LogP contribution in [0.25, 0.3) is 10.8 Å². The number of hydrogen-bond donors (Lipinski definition) is 0. The Bertz CT molecular complexity index is 1120. The molecule has 0 N–H and O–H groups in total. The number of rotatable bonds is 11. The lowest BCUT2D eigenvalue weighted by molar-refractivity contribution is 0.303. The molecule has 1 saturated carbocycles. The van der Waals surface area contributed by atoms with Gasteiger partial charge in [0, 0.05) is 11.1 Å². The quantitative estimate of drug-likeness (QED) is 0.196. The fourth-order valence-electron chi connectivity index (χ4n) is 5.56. The lowest BCUT2D eigenvalue weighted by Gasteiger charge is -2.29. The van der Waals surface area contributed by atoms with Crippen LogP contribution in [0.3, 0.4) is 0 Å². The number of benzene rings is 3. The van der Waals surface area contributed by atoms with Crippen molar-refractivity contribution in [2.24, 2.45) is 5.92 Å². The Kier molecular flexibility index (Phi) is 10.3. The van der Waals surface area contributed by atoms with Gasteiger partial charge in [-0.15, -0.1) is 0 Å². The molecule has 0 heterocycles. The minimum atomic E-state index is 0.736. The molecular weight excluding hydrogens is 436 g/mol. The summed E-state index contributed by atoms with van der Waals surface area (Å²) in [5.41, 5.74) is 3.65. The molecule has 0 aromatic heterocycles. The first-order valence-corrected chi connectivity index (χ1v) is 14.5. The third kappa shape index (κ3) is 7.89. The summed E-state index contributed by atoms with van der Waals surface area (Å²) in [6, 6.07) is 21.9. The second kappa shape index (κ2) is 14.1. The number of unbranched alkanes of at least 4 members (excludes halogenated alkanes) is 5. The Hall–Kier alpha value is -2.72. The van der Waals surface area contributed by atoms with E-state index in [9.17, 15) is 0 Å². The molecule has 0 spiro atoms. The van der Waals surface area contributed by atoms with Gasteiger partial charge < -0.3 is 4.74 Å². The van der Waals surface area contributed by atoms with Gasteiger partial charge in [-0.3, -0.25) is 0 Å². The van der Waals surface area contributed by atoms with Crippen LogP contribution in [0.1, 0.15) is 114 Å². The van der Waals surface area contributed by atoms with Gasteiger partial charge in [0.25, 0.3) is 0 Å². The van der Waals surface area contributed by atoms with Gasteiger partial charge in [-0.1, -0.05) is 94.9 Å². The lowest BCUT2D eigenvalue weighted by atomic mass is 9.77. The predicted octanol–water partition coefficient (Wildman–Crippen LogP) is 10.1. The lowest BCUT2D eigenvalue weighted by Crippen LogP contribution is -2.13. The summed E-state index contributed by atoms with van der Waals surface area (Å²) in [6.07, 6.45) is 16.0. The summed E-state index contributed by atoms with van der Waals surface area (Å²) in [6.45, 7) is 5.34. The highest BCUT2D eigenvalue weighted by atomic mass is 16.5. The van der Waals surface area contributed by atoms with Gasteiger partial charge in [0.15, 0.2) is 0 Å². The third-order valence-corrected chi connectivity index (χ3v) is 7.87. The molecule has 1 heteroatoms. The van der Waals surface area contributed by atoms with E-state index < -0.39 is 0 Å². The molecule has 0 radical (unpaired) electrons. The predicted molar refractivity (Wildman–Crippen MR) is 155 cm³/mol. The summed E-state index contributed by atoms with van der Waals surface area (Å²) in [7, 11) is 0. The number of fused-ring (bicyclic) bond motifs is 1. The van der Waals surface area contributed by atoms with E-state index in [-0.39, 0.29) is 0 Å². The van der Waals surface area contributed by atoms with Crippen molar-refractivity contribution in [2.75, 3.05) is 6.61 Å². The van der Waals surface area contributed by atoms with E-state index in [0.717, 1.165) is 41.7 Å². The van der Waals surface area contributed by atoms with Crippen LogP contribution >= 0.6 is 0 Å². The number of ether oxygens (including phenoxy) is 1. The monoisotopic (exact) mass is 480 g/mol. The van der Waals surface area contributed by atoms with Crippen molar-refractivity contribution in [3.8, 4) is 17.6 Å². The van der Waals surface area contributed by atoms with E-state index in [1.165, 1.54) is 87.0 Å². The minimum absolute atomic E-state index is 0.736. The molecule has 0 saturated heterocycles. The zero-order chi connectivity index (χ0) is 25.0. The van der Waals surface area contributed by atoms with Crippen LogP contribution in [0.2, 0.25) is 0 Å². The van der Waals surface area contributed by atoms with Gasteiger partial charge in [0.05, 0.1) is 6.61 Å². The molecule has 1 aliphatic rings. The highest BCUT2D eigenvalue weighted by Gasteiger charge is 2.21. The van der Waals surface area contributed by atoms with Gasteiger partial charge in [-0.05, 0) is 96.7 Å². The van der Waals surface area contributed by atoms with Crippen LogP contribution in [0.5, 0.6) is 5.75 Å². The minimum Gasteiger partial charge on any atom is -0.494 e. The molecule has 4 rings (SSSR count). The van der Waals surface area contributed by atoms with E-state index in [0.29, 0.717) is 0 Å². The topological polar surface area (TPSA) is 9.23 Å². The summed E-state index contributed by atoms with van der Waals surface area (Å²) >= 11 is 0. The zero-order valence-electron chi connectivity index (χ0n) is 22.5. The molecule has 1 aliphatic carbocycles. The first kappa shape index (κ1) is 26.3. The van der Waals surface area contributed by atoms with Crippen LogP contribution in [0.15, 0.2) is 60.7 Å². The molecule has 3 aromatic rings.